The first-order chi connectivity index (χ1) is 35.1. The fourth-order valence-electron chi connectivity index (χ4n) is 9.01. The number of aryl methyl sites for hydroxylation is 4. The van der Waals surface area contributed by atoms with Gasteiger partial charge >= 0.3 is 0 Å². The maximum Gasteiger partial charge on any atom is 0.240 e. The first kappa shape index (κ1) is 58.2. The van der Waals surface area contributed by atoms with E-state index >= 15 is 0 Å². The Bertz CT molecular complexity index is 2100. The monoisotopic (exact) mass is 1010 g/mol. The van der Waals surface area contributed by atoms with Gasteiger partial charge < -0.3 is 19.6 Å². The van der Waals surface area contributed by atoms with Crippen molar-refractivity contribution in [2.75, 3.05) is 126 Å². The topological polar surface area (TPSA) is 133 Å². The molecule has 4 fully saturated rings. The van der Waals surface area contributed by atoms with Crippen LogP contribution >= 0.6 is 0 Å². The molecule has 4 amide bonds. The van der Waals surface area contributed by atoms with Crippen LogP contribution < -0.4 is 19.6 Å². The Morgan fingerprint density at radius 2 is 0.753 bits per heavy atom. The quantitative estimate of drug-likeness (QED) is 0.136. The van der Waals surface area contributed by atoms with Crippen molar-refractivity contribution in [2.24, 2.45) is 0 Å². The largest absolute Gasteiger partial charge is 0.314 e. The number of amides is 4. The number of halogens is 1. The van der Waals surface area contributed by atoms with Gasteiger partial charge in [-0.2, -0.15) is 0 Å². The standard InChI is InChI=1S/C15H21FN2O.C15H22N2O.C14H21N3O.C13H20N4O/c1-12-6-7-13(10-14(12)16)17(2)15(19)11-18-8-4-3-5-9-18;1-13-6-8-14(9-7-13)16(2)15(18)12-17-10-4-3-5-11-17;1-12-6-7-13(10-15-12)16(2)14(18)11-17-8-4-3-5-9-17;1-11-14-8-12(9-15-11)16(2)13(18)10-17-6-4-3-5-7-17/h6-7,10H,3-5,8-9,11H2,1-2H3;6-9H,3-5,10-12H2,1-2H3;6-7,10H,3-5,8-9,11H2,1-2H3;8-9H,3-7,10H2,1-2H3. The normalized spacial score (nSPS) is 16.5. The highest BCUT2D eigenvalue weighted by atomic mass is 19.1. The number of hydrogen-bond acceptors (Lipinski definition) is 11. The van der Waals surface area contributed by atoms with E-state index in [-0.39, 0.29) is 29.4 Å². The van der Waals surface area contributed by atoms with Gasteiger partial charge in [-0.05, 0) is 173 Å². The number of anilines is 4. The van der Waals surface area contributed by atoms with Crippen molar-refractivity contribution >= 4 is 46.4 Å². The van der Waals surface area contributed by atoms with E-state index in [4.69, 9.17) is 0 Å². The van der Waals surface area contributed by atoms with E-state index in [0.717, 1.165) is 93.8 Å². The zero-order valence-corrected chi connectivity index (χ0v) is 45.3. The highest BCUT2D eigenvalue weighted by Gasteiger charge is 2.21. The molecule has 0 spiro atoms. The summed E-state index contributed by atoms with van der Waals surface area (Å²) in [6.07, 6.45) is 19.9. The third kappa shape index (κ3) is 19.9. The zero-order chi connectivity index (χ0) is 52.7. The summed E-state index contributed by atoms with van der Waals surface area (Å²) in [6, 6.07) is 16.9. The van der Waals surface area contributed by atoms with Crippen LogP contribution in [0.15, 0.2) is 73.2 Å². The molecule has 15 nitrogen and oxygen atoms in total. The fourth-order valence-corrected chi connectivity index (χ4v) is 9.01. The van der Waals surface area contributed by atoms with Crippen LogP contribution in [-0.4, -0.2) is 165 Å². The van der Waals surface area contributed by atoms with E-state index in [1.165, 1.54) is 80.7 Å². The summed E-state index contributed by atoms with van der Waals surface area (Å²) >= 11 is 0. The zero-order valence-electron chi connectivity index (χ0n) is 45.3. The number of aromatic nitrogens is 3. The van der Waals surface area contributed by atoms with Gasteiger partial charge in [0.05, 0.1) is 56.1 Å². The number of pyridine rings is 1. The molecule has 0 aliphatic carbocycles. The van der Waals surface area contributed by atoms with Crippen LogP contribution in [0.3, 0.4) is 0 Å². The van der Waals surface area contributed by atoms with Gasteiger partial charge in [0.15, 0.2) is 0 Å². The van der Waals surface area contributed by atoms with Gasteiger partial charge in [0, 0.05) is 45.3 Å². The minimum atomic E-state index is -0.268. The molecule has 6 heterocycles. The summed E-state index contributed by atoms with van der Waals surface area (Å²) < 4.78 is 13.5. The number of benzene rings is 2. The molecule has 0 bridgehead atoms. The number of likely N-dealkylation sites (N-methyl/N-ethyl adjacent to an activating group) is 4. The molecule has 4 aliphatic heterocycles. The lowest BCUT2D eigenvalue weighted by atomic mass is 10.1. The molecule has 0 N–H and O–H groups in total. The first-order valence-corrected chi connectivity index (χ1v) is 26.6. The SMILES string of the molecule is Cc1ccc(N(C)C(=O)CN2CCCCC2)cc1.Cc1ccc(N(C)C(=O)CN2CCCCC2)cc1F.Cc1ccc(N(C)C(=O)CN2CCCCC2)cn1.Cc1ncc(N(C)C(=O)CN2CCCCC2)cn1. The Balaban J connectivity index is 0.000000181. The number of piperidine rings is 4. The average molecular weight is 1010 g/mol. The molecule has 73 heavy (non-hydrogen) atoms. The summed E-state index contributed by atoms with van der Waals surface area (Å²) in [7, 11) is 7.16. The van der Waals surface area contributed by atoms with Crippen molar-refractivity contribution < 1.29 is 23.6 Å². The number of carbonyl (C=O) groups excluding carboxylic acids is 4. The summed E-state index contributed by atoms with van der Waals surface area (Å²) in [6.45, 7) is 17.8. The Morgan fingerprint density at radius 1 is 0.425 bits per heavy atom. The molecule has 0 radical (unpaired) electrons. The minimum absolute atomic E-state index is 0.0187. The molecule has 0 unspecified atom stereocenters. The summed E-state index contributed by atoms with van der Waals surface area (Å²) in [5, 5.41) is 0. The van der Waals surface area contributed by atoms with Crippen molar-refractivity contribution in [3.63, 3.8) is 0 Å². The van der Waals surface area contributed by atoms with Crippen molar-refractivity contribution in [3.8, 4) is 0 Å². The highest BCUT2D eigenvalue weighted by Crippen LogP contribution is 2.20. The van der Waals surface area contributed by atoms with Gasteiger partial charge in [-0.1, -0.05) is 49.4 Å². The smallest absolute Gasteiger partial charge is 0.240 e. The lowest BCUT2D eigenvalue weighted by molar-refractivity contribution is -0.120. The second-order valence-electron chi connectivity index (χ2n) is 20.1. The predicted molar refractivity (Wildman–Crippen MR) is 293 cm³/mol. The Hall–Kier alpha value is -5.68. The van der Waals surface area contributed by atoms with Crippen LogP contribution in [0.1, 0.15) is 99.7 Å². The van der Waals surface area contributed by atoms with Crippen LogP contribution in [0.4, 0.5) is 27.1 Å². The molecular weight excluding hydrogens is 922 g/mol. The molecule has 4 saturated heterocycles. The average Bonchev–Trinajstić information content (AvgIpc) is 3.41. The Labute approximate surface area is 435 Å². The van der Waals surface area contributed by atoms with Gasteiger partial charge in [-0.3, -0.25) is 43.8 Å². The van der Waals surface area contributed by atoms with E-state index in [1.807, 2.05) is 64.3 Å². The van der Waals surface area contributed by atoms with Crippen LogP contribution in [0.5, 0.6) is 0 Å². The van der Waals surface area contributed by atoms with Crippen molar-refractivity contribution in [2.45, 2.75) is 105 Å². The molecule has 16 heteroatoms. The molecule has 2 aromatic carbocycles. The van der Waals surface area contributed by atoms with Gasteiger partial charge in [0.2, 0.25) is 23.6 Å². The molecule has 2 aromatic heterocycles. The summed E-state index contributed by atoms with van der Waals surface area (Å²) in [5.74, 6) is 0.892. The molecule has 8 rings (SSSR count). The highest BCUT2D eigenvalue weighted by molar-refractivity contribution is 5.96. The van der Waals surface area contributed by atoms with Crippen molar-refractivity contribution in [1.29, 1.82) is 0 Å². The van der Waals surface area contributed by atoms with E-state index in [2.05, 4.69) is 41.5 Å². The molecule has 0 atom stereocenters. The number of hydrogen-bond donors (Lipinski definition) is 0. The van der Waals surface area contributed by atoms with Gasteiger partial charge in [-0.15, -0.1) is 0 Å². The first-order valence-electron chi connectivity index (χ1n) is 26.6. The van der Waals surface area contributed by atoms with Gasteiger partial charge in [0.1, 0.15) is 11.6 Å². The number of rotatable bonds is 12. The van der Waals surface area contributed by atoms with Crippen molar-refractivity contribution in [1.82, 2.24) is 34.6 Å². The number of carbonyl (C=O) groups is 4. The van der Waals surface area contributed by atoms with E-state index < -0.39 is 0 Å². The lowest BCUT2D eigenvalue weighted by Crippen LogP contribution is -2.40. The van der Waals surface area contributed by atoms with Crippen LogP contribution in [0.2, 0.25) is 0 Å². The molecular formula is C57H84FN11O4. The van der Waals surface area contributed by atoms with E-state index in [1.54, 1.807) is 66.4 Å². The molecule has 4 aromatic rings. The van der Waals surface area contributed by atoms with E-state index in [9.17, 15) is 23.6 Å². The Morgan fingerprint density at radius 3 is 1.12 bits per heavy atom. The number of nitrogens with zero attached hydrogens (tertiary/aromatic N) is 11. The molecule has 398 valence electrons. The second kappa shape index (κ2) is 30.5. The van der Waals surface area contributed by atoms with E-state index in [0.29, 0.717) is 37.4 Å². The van der Waals surface area contributed by atoms with Gasteiger partial charge in [0.25, 0.3) is 0 Å². The van der Waals surface area contributed by atoms with Crippen LogP contribution in [0, 0.1) is 33.5 Å². The van der Waals surface area contributed by atoms with Crippen molar-refractivity contribution in [3.05, 3.63) is 102 Å². The lowest BCUT2D eigenvalue weighted by Gasteiger charge is -2.28. The predicted octanol–water partition coefficient (Wildman–Crippen LogP) is 8.10. The summed E-state index contributed by atoms with van der Waals surface area (Å²) in [4.78, 5) is 76.6. The second-order valence-corrected chi connectivity index (χ2v) is 20.1. The summed E-state index contributed by atoms with van der Waals surface area (Å²) in [5.41, 5.74) is 5.99. The molecule has 4 aliphatic rings. The molecule has 0 saturated carbocycles. The third-order valence-corrected chi connectivity index (χ3v) is 14.1. The maximum atomic E-state index is 13.5. The minimum Gasteiger partial charge on any atom is -0.314 e. The third-order valence-electron chi connectivity index (χ3n) is 14.1. The fraction of sp³-hybridized carbons (Fsp3) is 0.561. The van der Waals surface area contributed by atoms with Crippen LogP contribution in [-0.2, 0) is 19.2 Å². The van der Waals surface area contributed by atoms with Crippen LogP contribution in [0.25, 0.3) is 0 Å². The maximum absolute atomic E-state index is 13.5. The Kier molecular flexibility index (Phi) is 24.3. The van der Waals surface area contributed by atoms with Gasteiger partial charge in [-0.25, -0.2) is 14.4 Å². The number of likely N-dealkylation sites (tertiary alicyclic amines) is 4.